The van der Waals surface area contributed by atoms with Crippen molar-refractivity contribution in [1.29, 1.82) is 0 Å². The quantitative estimate of drug-likeness (QED) is 0.779. The fraction of sp³-hybridized carbons (Fsp3) is 0.133. The molecule has 0 saturated carbocycles. The van der Waals surface area contributed by atoms with E-state index in [1.807, 2.05) is 37.3 Å². The molecule has 0 saturated heterocycles. The number of carbonyl (C=O) groups excluding carboxylic acids is 1. The summed E-state index contributed by atoms with van der Waals surface area (Å²) in [6, 6.07) is 14.0. The third kappa shape index (κ3) is 2.29. The Morgan fingerprint density at radius 2 is 1.94 bits per heavy atom. The summed E-state index contributed by atoms with van der Waals surface area (Å²) in [6.45, 7) is 1.93. The van der Waals surface area contributed by atoms with E-state index in [0.717, 1.165) is 16.3 Å². The zero-order chi connectivity index (χ0) is 12.3. The van der Waals surface area contributed by atoms with Gasteiger partial charge in [-0.2, -0.15) is 0 Å². The minimum Gasteiger partial charge on any atom is -0.339 e. The fourth-order valence-electron chi connectivity index (χ4n) is 1.94. The molecule has 84 valence electrons. The molecule has 0 radical (unpaired) electrons. The fourth-order valence-corrected chi connectivity index (χ4v) is 1.94. The van der Waals surface area contributed by atoms with E-state index in [0.29, 0.717) is 0 Å². The van der Waals surface area contributed by atoms with Crippen molar-refractivity contribution in [1.82, 2.24) is 5.32 Å². The van der Waals surface area contributed by atoms with Crippen LogP contribution in [0.2, 0.25) is 0 Å². The Hall–Kier alpha value is -2.27. The Kier molecular flexibility index (Phi) is 3.11. The molecule has 0 aliphatic carbocycles. The first-order valence-corrected chi connectivity index (χ1v) is 5.47. The zero-order valence-corrected chi connectivity index (χ0v) is 9.60. The molecule has 0 spiro atoms. The summed E-state index contributed by atoms with van der Waals surface area (Å²) in [5, 5.41) is 5.06. The summed E-state index contributed by atoms with van der Waals surface area (Å²) < 4.78 is 0. The summed E-state index contributed by atoms with van der Waals surface area (Å²) in [4.78, 5) is 11.2. The second-order valence-electron chi connectivity index (χ2n) is 3.91. The molecule has 1 N–H and O–H groups in total. The van der Waals surface area contributed by atoms with Gasteiger partial charge in [-0.05, 0) is 29.2 Å². The normalized spacial score (nSPS) is 11.8. The molecular formula is C15H13NO. The number of hydrogen-bond donors (Lipinski definition) is 1. The van der Waals surface area contributed by atoms with Crippen LogP contribution in [0.4, 0.5) is 0 Å². The third-order valence-corrected chi connectivity index (χ3v) is 2.77. The molecule has 17 heavy (non-hydrogen) atoms. The second-order valence-corrected chi connectivity index (χ2v) is 3.91. The number of terminal acetylenes is 1. The molecule has 1 unspecified atom stereocenters. The van der Waals surface area contributed by atoms with E-state index in [9.17, 15) is 4.79 Å². The highest BCUT2D eigenvalue weighted by molar-refractivity contribution is 5.93. The van der Waals surface area contributed by atoms with Crippen LogP contribution in [0.5, 0.6) is 0 Å². The predicted molar refractivity (Wildman–Crippen MR) is 69.3 cm³/mol. The van der Waals surface area contributed by atoms with Crippen LogP contribution in [0.3, 0.4) is 0 Å². The summed E-state index contributed by atoms with van der Waals surface area (Å²) in [5.74, 6) is 1.68. The standard InChI is InChI=1S/C15H13NO/c1-3-15(17)16-11(2)13-10-6-8-12-7-4-5-9-14(12)13/h1,4-11H,2H3,(H,16,17). The molecule has 2 rings (SSSR count). The molecule has 2 aromatic carbocycles. The number of rotatable bonds is 2. The number of carbonyl (C=O) groups is 1. The minimum atomic E-state index is -0.384. The SMILES string of the molecule is C#CC(=O)NC(C)c1cccc2ccccc12. The summed E-state index contributed by atoms with van der Waals surface area (Å²) in [7, 11) is 0. The first kappa shape index (κ1) is 11.2. The Bertz CT molecular complexity index is 590. The maximum absolute atomic E-state index is 11.2. The molecule has 0 aromatic heterocycles. The van der Waals surface area contributed by atoms with Gasteiger partial charge in [0.15, 0.2) is 0 Å². The van der Waals surface area contributed by atoms with Gasteiger partial charge in [0.05, 0.1) is 6.04 Å². The molecule has 2 heteroatoms. The largest absolute Gasteiger partial charge is 0.339 e. The van der Waals surface area contributed by atoms with Gasteiger partial charge in [-0.3, -0.25) is 4.79 Å². The zero-order valence-electron chi connectivity index (χ0n) is 9.60. The molecule has 1 amide bonds. The highest BCUT2D eigenvalue weighted by Gasteiger charge is 2.10. The van der Waals surface area contributed by atoms with Crippen LogP contribution in [0.1, 0.15) is 18.5 Å². The number of nitrogens with one attached hydrogen (secondary N) is 1. The van der Waals surface area contributed by atoms with E-state index in [-0.39, 0.29) is 11.9 Å². The molecular weight excluding hydrogens is 210 g/mol. The van der Waals surface area contributed by atoms with Crippen LogP contribution in [0.25, 0.3) is 10.8 Å². The minimum absolute atomic E-state index is 0.0929. The first-order chi connectivity index (χ1) is 8.22. The van der Waals surface area contributed by atoms with Crippen molar-refractivity contribution in [2.75, 3.05) is 0 Å². The van der Waals surface area contributed by atoms with Gasteiger partial charge in [0.2, 0.25) is 0 Å². The van der Waals surface area contributed by atoms with Crippen molar-refractivity contribution in [3.05, 3.63) is 48.0 Å². The highest BCUT2D eigenvalue weighted by Crippen LogP contribution is 2.23. The van der Waals surface area contributed by atoms with Crippen LogP contribution in [-0.2, 0) is 4.79 Å². The van der Waals surface area contributed by atoms with Crippen LogP contribution in [-0.4, -0.2) is 5.91 Å². The van der Waals surface area contributed by atoms with Gasteiger partial charge >= 0.3 is 0 Å². The lowest BCUT2D eigenvalue weighted by Gasteiger charge is -2.14. The summed E-state index contributed by atoms with van der Waals surface area (Å²) >= 11 is 0. The topological polar surface area (TPSA) is 29.1 Å². The van der Waals surface area contributed by atoms with Crippen molar-refractivity contribution in [3.63, 3.8) is 0 Å². The van der Waals surface area contributed by atoms with Gasteiger partial charge in [-0.15, -0.1) is 6.42 Å². The van der Waals surface area contributed by atoms with E-state index in [1.54, 1.807) is 0 Å². The van der Waals surface area contributed by atoms with E-state index >= 15 is 0 Å². The van der Waals surface area contributed by atoms with Crippen molar-refractivity contribution in [2.24, 2.45) is 0 Å². The molecule has 1 atom stereocenters. The van der Waals surface area contributed by atoms with Crippen LogP contribution >= 0.6 is 0 Å². The Morgan fingerprint density at radius 1 is 1.24 bits per heavy atom. The van der Waals surface area contributed by atoms with Gasteiger partial charge in [0, 0.05) is 0 Å². The first-order valence-electron chi connectivity index (χ1n) is 5.47. The number of amides is 1. The lowest BCUT2D eigenvalue weighted by molar-refractivity contribution is -0.116. The Labute approximate surface area is 101 Å². The van der Waals surface area contributed by atoms with Gasteiger partial charge in [-0.25, -0.2) is 0 Å². The lowest BCUT2D eigenvalue weighted by Crippen LogP contribution is -2.25. The highest BCUT2D eigenvalue weighted by atomic mass is 16.1. The smallest absolute Gasteiger partial charge is 0.296 e. The van der Waals surface area contributed by atoms with Crippen LogP contribution in [0.15, 0.2) is 42.5 Å². The third-order valence-electron chi connectivity index (χ3n) is 2.77. The summed E-state index contributed by atoms with van der Waals surface area (Å²) in [6.07, 6.45) is 5.05. The average molecular weight is 223 g/mol. The molecule has 2 aromatic rings. The Morgan fingerprint density at radius 3 is 2.71 bits per heavy atom. The number of benzene rings is 2. The van der Waals surface area contributed by atoms with Crippen molar-refractivity contribution in [3.8, 4) is 12.3 Å². The van der Waals surface area contributed by atoms with Crippen molar-refractivity contribution in [2.45, 2.75) is 13.0 Å². The van der Waals surface area contributed by atoms with E-state index in [4.69, 9.17) is 6.42 Å². The summed E-state index contributed by atoms with van der Waals surface area (Å²) in [5.41, 5.74) is 1.08. The molecule has 0 heterocycles. The molecule has 0 aliphatic heterocycles. The van der Waals surface area contributed by atoms with Crippen molar-refractivity contribution >= 4 is 16.7 Å². The predicted octanol–water partition coefficient (Wildman–Crippen LogP) is 2.65. The van der Waals surface area contributed by atoms with Gasteiger partial charge in [-0.1, -0.05) is 42.5 Å². The van der Waals surface area contributed by atoms with Crippen LogP contribution < -0.4 is 5.32 Å². The molecule has 0 bridgehead atoms. The second kappa shape index (κ2) is 4.71. The molecule has 2 nitrogen and oxygen atoms in total. The molecule has 0 fully saturated rings. The van der Waals surface area contributed by atoms with E-state index in [2.05, 4.69) is 23.4 Å². The van der Waals surface area contributed by atoms with Crippen LogP contribution in [0, 0.1) is 12.3 Å². The maximum Gasteiger partial charge on any atom is 0.296 e. The average Bonchev–Trinajstić information content (AvgIpc) is 2.37. The van der Waals surface area contributed by atoms with Gasteiger partial charge in [0.25, 0.3) is 5.91 Å². The number of fused-ring (bicyclic) bond motifs is 1. The molecule has 0 aliphatic rings. The van der Waals surface area contributed by atoms with Gasteiger partial charge < -0.3 is 5.32 Å². The van der Waals surface area contributed by atoms with E-state index in [1.165, 1.54) is 0 Å². The van der Waals surface area contributed by atoms with Gasteiger partial charge in [0.1, 0.15) is 0 Å². The lowest BCUT2D eigenvalue weighted by atomic mass is 10.00. The number of hydrogen-bond acceptors (Lipinski definition) is 1. The monoisotopic (exact) mass is 223 g/mol. The van der Waals surface area contributed by atoms with E-state index < -0.39 is 0 Å². The maximum atomic E-state index is 11.2. The van der Waals surface area contributed by atoms with Crippen molar-refractivity contribution < 1.29 is 4.79 Å². The Balaban J connectivity index is 2.42.